The normalized spacial score (nSPS) is 17.7. The van der Waals surface area contributed by atoms with Gasteiger partial charge < -0.3 is 14.8 Å². The zero-order valence-electron chi connectivity index (χ0n) is 12.7. The van der Waals surface area contributed by atoms with Crippen molar-refractivity contribution in [1.82, 2.24) is 9.97 Å². The summed E-state index contributed by atoms with van der Waals surface area (Å²) in [5.74, 6) is 0.872. The molecule has 1 unspecified atom stereocenters. The number of nitrogens with one attached hydrogen (secondary N) is 1. The van der Waals surface area contributed by atoms with Crippen molar-refractivity contribution in [3.05, 3.63) is 47.8 Å². The van der Waals surface area contributed by atoms with Crippen LogP contribution in [0.25, 0.3) is 0 Å². The van der Waals surface area contributed by atoms with E-state index >= 15 is 0 Å². The SMILES string of the molecule is FC(F)(F)c1ccc(NCc2ccnc(OC3CCOC3)c2)nc1. The van der Waals surface area contributed by atoms with Gasteiger partial charge in [0.25, 0.3) is 0 Å². The van der Waals surface area contributed by atoms with Crippen LogP contribution in [-0.4, -0.2) is 29.3 Å². The van der Waals surface area contributed by atoms with Crippen LogP contribution in [0.15, 0.2) is 36.7 Å². The first-order valence-corrected chi connectivity index (χ1v) is 7.47. The minimum absolute atomic E-state index is 0.0114. The van der Waals surface area contributed by atoms with E-state index in [1.807, 2.05) is 0 Å². The molecule has 1 aliphatic heterocycles. The van der Waals surface area contributed by atoms with Crippen LogP contribution in [0.5, 0.6) is 5.88 Å². The molecular weight excluding hydrogens is 323 g/mol. The molecular formula is C16H16F3N3O2. The quantitative estimate of drug-likeness (QED) is 0.906. The van der Waals surface area contributed by atoms with Gasteiger partial charge in [0.2, 0.25) is 5.88 Å². The number of aromatic nitrogens is 2. The van der Waals surface area contributed by atoms with Gasteiger partial charge in [-0.05, 0) is 23.8 Å². The van der Waals surface area contributed by atoms with Crippen LogP contribution in [0, 0.1) is 0 Å². The van der Waals surface area contributed by atoms with Gasteiger partial charge >= 0.3 is 6.18 Å². The summed E-state index contributed by atoms with van der Waals surface area (Å²) in [5, 5.41) is 2.97. The minimum Gasteiger partial charge on any atom is -0.472 e. The molecule has 0 saturated carbocycles. The van der Waals surface area contributed by atoms with Crippen molar-refractivity contribution in [2.24, 2.45) is 0 Å². The van der Waals surface area contributed by atoms with E-state index in [9.17, 15) is 13.2 Å². The van der Waals surface area contributed by atoms with E-state index < -0.39 is 11.7 Å². The summed E-state index contributed by atoms with van der Waals surface area (Å²) in [5.41, 5.74) is 0.118. The number of halogens is 3. The van der Waals surface area contributed by atoms with Crippen molar-refractivity contribution < 1.29 is 22.6 Å². The molecule has 2 aromatic rings. The molecule has 3 heterocycles. The average molecular weight is 339 g/mol. The Balaban J connectivity index is 1.58. The van der Waals surface area contributed by atoms with Gasteiger partial charge in [0.15, 0.2) is 0 Å². The highest BCUT2D eigenvalue weighted by molar-refractivity contribution is 5.37. The first-order valence-electron chi connectivity index (χ1n) is 7.47. The summed E-state index contributed by atoms with van der Waals surface area (Å²) >= 11 is 0. The lowest BCUT2D eigenvalue weighted by atomic mass is 10.2. The lowest BCUT2D eigenvalue weighted by molar-refractivity contribution is -0.137. The summed E-state index contributed by atoms with van der Waals surface area (Å²) in [6.07, 6.45) is -1.10. The van der Waals surface area contributed by atoms with E-state index in [2.05, 4.69) is 15.3 Å². The van der Waals surface area contributed by atoms with Crippen LogP contribution in [0.1, 0.15) is 17.5 Å². The number of ether oxygens (including phenoxy) is 2. The summed E-state index contributed by atoms with van der Waals surface area (Å²) in [6.45, 7) is 1.64. The maximum Gasteiger partial charge on any atom is 0.417 e. The second-order valence-electron chi connectivity index (χ2n) is 5.39. The molecule has 0 aromatic carbocycles. The third-order valence-corrected chi connectivity index (χ3v) is 3.54. The van der Waals surface area contributed by atoms with E-state index in [0.29, 0.717) is 31.5 Å². The van der Waals surface area contributed by atoms with Gasteiger partial charge in [-0.15, -0.1) is 0 Å². The van der Waals surface area contributed by atoms with Crippen molar-refractivity contribution in [2.75, 3.05) is 18.5 Å². The number of rotatable bonds is 5. The molecule has 0 spiro atoms. The van der Waals surface area contributed by atoms with Gasteiger partial charge in [-0.1, -0.05) is 0 Å². The predicted octanol–water partition coefficient (Wildman–Crippen LogP) is 3.28. The maximum atomic E-state index is 12.5. The van der Waals surface area contributed by atoms with Crippen molar-refractivity contribution in [1.29, 1.82) is 0 Å². The molecule has 0 aliphatic carbocycles. The average Bonchev–Trinajstić information content (AvgIpc) is 3.06. The molecule has 1 atom stereocenters. The van der Waals surface area contributed by atoms with Crippen molar-refractivity contribution in [2.45, 2.75) is 25.2 Å². The molecule has 1 saturated heterocycles. The van der Waals surface area contributed by atoms with Crippen LogP contribution >= 0.6 is 0 Å². The van der Waals surface area contributed by atoms with Crippen molar-refractivity contribution in [3.8, 4) is 5.88 Å². The smallest absolute Gasteiger partial charge is 0.417 e. The first-order chi connectivity index (χ1) is 11.5. The Bertz CT molecular complexity index is 671. The Morgan fingerprint density at radius 3 is 2.79 bits per heavy atom. The number of anilines is 1. The number of alkyl halides is 3. The summed E-state index contributed by atoms with van der Waals surface area (Å²) < 4.78 is 48.4. The Kier molecular flexibility index (Phi) is 4.84. The predicted molar refractivity (Wildman–Crippen MR) is 80.7 cm³/mol. The van der Waals surface area contributed by atoms with Gasteiger partial charge in [-0.3, -0.25) is 0 Å². The van der Waals surface area contributed by atoms with Crippen molar-refractivity contribution in [3.63, 3.8) is 0 Å². The largest absolute Gasteiger partial charge is 0.472 e. The van der Waals surface area contributed by atoms with Crippen LogP contribution in [-0.2, 0) is 17.5 Å². The third kappa shape index (κ3) is 4.35. The monoisotopic (exact) mass is 339 g/mol. The molecule has 5 nitrogen and oxygen atoms in total. The van der Waals surface area contributed by atoms with Crippen LogP contribution in [0.3, 0.4) is 0 Å². The molecule has 128 valence electrons. The zero-order valence-corrected chi connectivity index (χ0v) is 12.7. The molecule has 0 amide bonds. The fourth-order valence-electron chi connectivity index (χ4n) is 2.26. The Morgan fingerprint density at radius 2 is 2.12 bits per heavy atom. The van der Waals surface area contributed by atoms with Gasteiger partial charge in [-0.2, -0.15) is 13.2 Å². The van der Waals surface area contributed by atoms with Gasteiger partial charge in [0, 0.05) is 31.4 Å². The molecule has 2 aromatic heterocycles. The highest BCUT2D eigenvalue weighted by atomic mass is 19.4. The van der Waals surface area contributed by atoms with E-state index in [4.69, 9.17) is 9.47 Å². The minimum atomic E-state index is -4.38. The molecule has 0 radical (unpaired) electrons. The summed E-state index contributed by atoms with van der Waals surface area (Å²) in [4.78, 5) is 7.92. The number of pyridine rings is 2. The highest BCUT2D eigenvalue weighted by Crippen LogP contribution is 2.28. The Hall–Kier alpha value is -2.35. The van der Waals surface area contributed by atoms with Crippen LogP contribution < -0.4 is 10.1 Å². The molecule has 1 N–H and O–H groups in total. The van der Waals surface area contributed by atoms with Gasteiger partial charge in [-0.25, -0.2) is 9.97 Å². The number of nitrogens with zero attached hydrogens (tertiary/aromatic N) is 2. The number of hydrogen-bond acceptors (Lipinski definition) is 5. The van der Waals surface area contributed by atoms with Gasteiger partial charge in [0.05, 0.1) is 18.8 Å². The summed E-state index contributed by atoms with van der Waals surface area (Å²) in [6, 6.07) is 5.89. The Morgan fingerprint density at radius 1 is 1.25 bits per heavy atom. The fourth-order valence-corrected chi connectivity index (χ4v) is 2.26. The molecule has 24 heavy (non-hydrogen) atoms. The lowest BCUT2D eigenvalue weighted by Gasteiger charge is -2.12. The maximum absolute atomic E-state index is 12.5. The molecule has 8 heteroatoms. The first kappa shape index (κ1) is 16.5. The molecule has 1 fully saturated rings. The third-order valence-electron chi connectivity index (χ3n) is 3.54. The lowest BCUT2D eigenvalue weighted by Crippen LogP contribution is -2.16. The van der Waals surface area contributed by atoms with Crippen molar-refractivity contribution >= 4 is 5.82 Å². The van der Waals surface area contributed by atoms with Crippen LogP contribution in [0.4, 0.5) is 19.0 Å². The van der Waals surface area contributed by atoms with Gasteiger partial charge in [0.1, 0.15) is 11.9 Å². The molecule has 0 bridgehead atoms. The zero-order chi connectivity index (χ0) is 17.0. The Labute approximate surface area is 136 Å². The van der Waals surface area contributed by atoms with E-state index in [0.717, 1.165) is 24.2 Å². The van der Waals surface area contributed by atoms with E-state index in [-0.39, 0.29) is 6.10 Å². The molecule has 1 aliphatic rings. The van der Waals surface area contributed by atoms with E-state index in [1.54, 1.807) is 18.3 Å². The number of hydrogen-bond donors (Lipinski definition) is 1. The topological polar surface area (TPSA) is 56.3 Å². The van der Waals surface area contributed by atoms with Crippen LogP contribution in [0.2, 0.25) is 0 Å². The molecule has 3 rings (SSSR count). The second-order valence-corrected chi connectivity index (χ2v) is 5.39. The van der Waals surface area contributed by atoms with E-state index in [1.165, 1.54) is 6.07 Å². The second kappa shape index (κ2) is 7.04. The fraction of sp³-hybridized carbons (Fsp3) is 0.375. The summed E-state index contributed by atoms with van der Waals surface area (Å²) in [7, 11) is 0. The standard InChI is InChI=1S/C16H16F3N3O2/c17-16(18,19)12-1-2-14(22-9-12)21-8-11-3-5-20-15(7-11)24-13-4-6-23-10-13/h1-3,5,7,9,13H,4,6,8,10H2,(H,21,22). The highest BCUT2D eigenvalue weighted by Gasteiger charge is 2.30.